The summed E-state index contributed by atoms with van der Waals surface area (Å²) in [7, 11) is 0. The fourth-order valence-corrected chi connectivity index (χ4v) is 2.98. The number of rotatable bonds is 5. The molecular formula is C17H27NO. The van der Waals surface area contributed by atoms with Crippen molar-refractivity contribution in [2.45, 2.75) is 65.0 Å². The van der Waals surface area contributed by atoms with Gasteiger partial charge in [-0.3, -0.25) is 0 Å². The summed E-state index contributed by atoms with van der Waals surface area (Å²) >= 11 is 0. The maximum Gasteiger partial charge on any atom is 0.126 e. The molecule has 0 spiro atoms. The minimum Gasteiger partial charge on any atom is -0.493 e. The van der Waals surface area contributed by atoms with E-state index in [1.165, 1.54) is 36.8 Å². The maximum atomic E-state index is 5.94. The van der Waals surface area contributed by atoms with Gasteiger partial charge in [0.1, 0.15) is 5.75 Å². The van der Waals surface area contributed by atoms with Gasteiger partial charge in [0.2, 0.25) is 0 Å². The van der Waals surface area contributed by atoms with E-state index in [9.17, 15) is 0 Å². The number of hydrogen-bond donors (Lipinski definition) is 1. The van der Waals surface area contributed by atoms with Crippen LogP contribution in [0.4, 0.5) is 0 Å². The number of benzene rings is 1. The predicted octanol–water partition coefficient (Wildman–Crippen LogP) is 4.38. The van der Waals surface area contributed by atoms with Crippen molar-refractivity contribution in [3.63, 3.8) is 0 Å². The summed E-state index contributed by atoms with van der Waals surface area (Å²) in [5.74, 6) is 1.11. The highest BCUT2D eigenvalue weighted by Gasteiger charge is 2.22. The molecule has 1 N–H and O–H groups in total. The number of para-hydroxylation sites is 1. The predicted molar refractivity (Wildman–Crippen MR) is 80.8 cm³/mol. The van der Waals surface area contributed by atoms with E-state index in [-0.39, 0.29) is 0 Å². The van der Waals surface area contributed by atoms with Gasteiger partial charge in [-0.15, -0.1) is 0 Å². The van der Waals surface area contributed by atoms with E-state index in [4.69, 9.17) is 4.74 Å². The van der Waals surface area contributed by atoms with E-state index < -0.39 is 0 Å². The lowest BCUT2D eigenvalue weighted by Gasteiger charge is -2.25. The zero-order valence-electron chi connectivity index (χ0n) is 12.5. The monoisotopic (exact) mass is 261 g/mol. The molecule has 1 aromatic carbocycles. The lowest BCUT2D eigenvalue weighted by molar-refractivity contribution is 0.311. The van der Waals surface area contributed by atoms with Crippen LogP contribution in [-0.4, -0.2) is 12.6 Å². The zero-order chi connectivity index (χ0) is 13.7. The van der Waals surface area contributed by atoms with Crippen molar-refractivity contribution in [3.8, 4) is 5.75 Å². The van der Waals surface area contributed by atoms with E-state index in [2.05, 4.69) is 44.3 Å². The summed E-state index contributed by atoms with van der Waals surface area (Å²) in [4.78, 5) is 0. The first kappa shape index (κ1) is 14.4. The zero-order valence-corrected chi connectivity index (χ0v) is 12.5. The second kappa shape index (κ2) is 6.95. The van der Waals surface area contributed by atoms with E-state index in [0.29, 0.717) is 12.1 Å². The summed E-state index contributed by atoms with van der Waals surface area (Å²) in [5, 5.41) is 3.85. The van der Waals surface area contributed by atoms with Gasteiger partial charge in [-0.05, 0) is 38.2 Å². The van der Waals surface area contributed by atoms with Gasteiger partial charge in [0, 0.05) is 17.6 Å². The lowest BCUT2D eigenvalue weighted by atomic mass is 9.97. The van der Waals surface area contributed by atoms with E-state index in [1.807, 2.05) is 0 Å². The van der Waals surface area contributed by atoms with Crippen LogP contribution in [0.1, 0.15) is 63.1 Å². The Morgan fingerprint density at radius 3 is 2.95 bits per heavy atom. The van der Waals surface area contributed by atoms with Gasteiger partial charge in [-0.25, -0.2) is 0 Å². The molecule has 2 unspecified atom stereocenters. The molecule has 1 aromatic rings. The van der Waals surface area contributed by atoms with Crippen molar-refractivity contribution in [1.82, 2.24) is 5.32 Å². The van der Waals surface area contributed by atoms with Gasteiger partial charge in [-0.1, -0.05) is 38.5 Å². The highest BCUT2D eigenvalue weighted by Crippen LogP contribution is 2.34. The minimum absolute atomic E-state index is 0.453. The van der Waals surface area contributed by atoms with Crippen LogP contribution in [0.3, 0.4) is 0 Å². The lowest BCUT2D eigenvalue weighted by Crippen LogP contribution is -2.32. The molecule has 2 nitrogen and oxygen atoms in total. The Labute approximate surface area is 117 Å². The van der Waals surface area contributed by atoms with Gasteiger partial charge in [-0.2, -0.15) is 0 Å². The van der Waals surface area contributed by atoms with Crippen LogP contribution < -0.4 is 10.1 Å². The Hall–Kier alpha value is -1.02. The average Bonchev–Trinajstić information content (AvgIpc) is 2.62. The fourth-order valence-electron chi connectivity index (χ4n) is 2.98. The molecule has 0 saturated carbocycles. The Balaban J connectivity index is 2.19. The molecule has 0 amide bonds. The van der Waals surface area contributed by atoms with Crippen molar-refractivity contribution in [3.05, 3.63) is 29.3 Å². The molecule has 1 aliphatic rings. The normalized spacial score (nSPS) is 20.3. The van der Waals surface area contributed by atoms with Crippen LogP contribution in [0.25, 0.3) is 0 Å². The molecule has 0 aliphatic carbocycles. The van der Waals surface area contributed by atoms with Crippen molar-refractivity contribution >= 4 is 0 Å². The van der Waals surface area contributed by atoms with Crippen LogP contribution in [0.2, 0.25) is 0 Å². The summed E-state index contributed by atoms with van der Waals surface area (Å²) in [6.45, 7) is 7.53. The molecule has 0 radical (unpaired) electrons. The Morgan fingerprint density at radius 2 is 2.21 bits per heavy atom. The van der Waals surface area contributed by atoms with Gasteiger partial charge < -0.3 is 10.1 Å². The number of fused-ring (bicyclic) bond motifs is 1. The number of hydrogen-bond acceptors (Lipinski definition) is 2. The molecule has 19 heavy (non-hydrogen) atoms. The number of ether oxygens (including phenoxy) is 1. The third-order valence-electron chi connectivity index (χ3n) is 4.07. The number of nitrogens with one attached hydrogen (secondary N) is 1. The van der Waals surface area contributed by atoms with Crippen molar-refractivity contribution < 1.29 is 4.74 Å². The van der Waals surface area contributed by atoms with Crippen LogP contribution in [0.5, 0.6) is 5.75 Å². The SMILES string of the molecule is CCCC(CC)NC1CCCOc2c(C)cccc21. The highest BCUT2D eigenvalue weighted by molar-refractivity contribution is 5.43. The molecule has 2 rings (SSSR count). The van der Waals surface area contributed by atoms with Gasteiger partial charge in [0.05, 0.1) is 6.61 Å². The van der Waals surface area contributed by atoms with Crippen molar-refractivity contribution in [1.29, 1.82) is 0 Å². The van der Waals surface area contributed by atoms with Crippen LogP contribution in [-0.2, 0) is 0 Å². The third kappa shape index (κ3) is 3.50. The third-order valence-corrected chi connectivity index (χ3v) is 4.07. The average molecular weight is 261 g/mol. The Morgan fingerprint density at radius 1 is 1.37 bits per heavy atom. The van der Waals surface area contributed by atoms with E-state index >= 15 is 0 Å². The first-order valence-corrected chi connectivity index (χ1v) is 7.74. The molecular weight excluding hydrogens is 234 g/mol. The first-order valence-electron chi connectivity index (χ1n) is 7.74. The van der Waals surface area contributed by atoms with Gasteiger partial charge in [0.25, 0.3) is 0 Å². The molecule has 1 aliphatic heterocycles. The summed E-state index contributed by atoms with van der Waals surface area (Å²) < 4.78 is 5.94. The van der Waals surface area contributed by atoms with Crippen molar-refractivity contribution in [2.75, 3.05) is 6.61 Å². The molecule has 0 fully saturated rings. The molecule has 2 heteroatoms. The highest BCUT2D eigenvalue weighted by atomic mass is 16.5. The first-order chi connectivity index (χ1) is 9.26. The van der Waals surface area contributed by atoms with Gasteiger partial charge in [0.15, 0.2) is 0 Å². The second-order valence-electron chi connectivity index (χ2n) is 5.60. The molecule has 2 atom stereocenters. The maximum absolute atomic E-state index is 5.94. The molecule has 106 valence electrons. The molecule has 0 bridgehead atoms. The minimum atomic E-state index is 0.453. The number of aryl methyl sites for hydroxylation is 1. The fraction of sp³-hybridized carbons (Fsp3) is 0.647. The van der Waals surface area contributed by atoms with Gasteiger partial charge >= 0.3 is 0 Å². The van der Waals surface area contributed by atoms with Crippen molar-refractivity contribution in [2.24, 2.45) is 0 Å². The quantitative estimate of drug-likeness (QED) is 0.849. The largest absolute Gasteiger partial charge is 0.493 e. The van der Waals surface area contributed by atoms with E-state index in [1.54, 1.807) is 0 Å². The summed E-state index contributed by atoms with van der Waals surface area (Å²) in [5.41, 5.74) is 2.61. The second-order valence-corrected chi connectivity index (χ2v) is 5.60. The summed E-state index contributed by atoms with van der Waals surface area (Å²) in [6, 6.07) is 7.60. The Kier molecular flexibility index (Phi) is 5.26. The van der Waals surface area contributed by atoms with Crippen LogP contribution in [0.15, 0.2) is 18.2 Å². The summed E-state index contributed by atoms with van der Waals surface area (Å²) in [6.07, 6.45) is 6.02. The molecule has 0 saturated heterocycles. The standard InChI is InChI=1S/C17H27NO/c1-4-8-14(5-2)18-16-11-7-12-19-17-13(3)9-6-10-15(16)17/h6,9-10,14,16,18H,4-5,7-8,11-12H2,1-3H3. The Bertz CT molecular complexity index is 402. The topological polar surface area (TPSA) is 21.3 Å². The smallest absolute Gasteiger partial charge is 0.126 e. The van der Waals surface area contributed by atoms with Crippen LogP contribution in [0, 0.1) is 6.92 Å². The van der Waals surface area contributed by atoms with Crippen LogP contribution >= 0.6 is 0 Å². The molecule has 1 heterocycles. The molecule has 0 aromatic heterocycles. The van der Waals surface area contributed by atoms with E-state index in [0.717, 1.165) is 18.8 Å².